The van der Waals surface area contributed by atoms with Crippen LogP contribution in [0.15, 0.2) is 0 Å². The fraction of sp³-hybridized carbons (Fsp3) is 0.917. The van der Waals surface area contributed by atoms with Crippen LogP contribution < -0.4 is 0 Å². The molecule has 0 radical (unpaired) electrons. The highest BCUT2D eigenvalue weighted by Crippen LogP contribution is 2.14. The fourth-order valence-electron chi connectivity index (χ4n) is 8.40. The molecule has 0 saturated carbocycles. The van der Waals surface area contributed by atoms with E-state index in [1.165, 1.54) is 0 Å². The summed E-state index contributed by atoms with van der Waals surface area (Å²) in [4.78, 5) is 78.8. The third kappa shape index (κ3) is 74.8. The number of nitrogens with zero attached hydrogens (tertiary/aromatic N) is 2. The van der Waals surface area contributed by atoms with Gasteiger partial charge in [0.05, 0.1) is 409 Å². The Morgan fingerprint density at radius 2 is 0.232 bits per heavy atom. The third-order valence-electron chi connectivity index (χ3n) is 14.1. The molecule has 0 aromatic rings. The van der Waals surface area contributed by atoms with Crippen LogP contribution in [0.5, 0.6) is 0 Å². The zero-order valence-corrected chi connectivity index (χ0v) is 66.1. The SMILES string of the molecule is O=C(CCOCCOCCOCCOCCOCCOCCOCCOCCOCCOCCOCCOCCOCCOCCOCCOCCOCCOCCOCCOCCOCCOCCOCCOCCOCCOCCOCCOCCOCCOCCC(=O)ON1C(=O)CCC1=O)ON1C(=O)CCC1=O. The molecule has 0 N–H and O–H groups in total. The van der Waals surface area contributed by atoms with Crippen molar-refractivity contribution in [2.75, 3.05) is 396 Å². The lowest BCUT2D eigenvalue weighted by atomic mass is 10.4. The second-order valence-electron chi connectivity index (χ2n) is 23.0. The van der Waals surface area contributed by atoms with Crippen LogP contribution in [0.3, 0.4) is 0 Å². The van der Waals surface area contributed by atoms with Crippen LogP contribution in [0.25, 0.3) is 0 Å². The van der Waals surface area contributed by atoms with Crippen molar-refractivity contribution in [2.45, 2.75) is 38.5 Å². The maximum Gasteiger partial charge on any atom is 0.335 e. The van der Waals surface area contributed by atoms with Gasteiger partial charge >= 0.3 is 11.9 Å². The molecule has 2 saturated heterocycles. The highest BCUT2D eigenvalue weighted by molar-refractivity contribution is 6.02. The Balaban J connectivity index is 1.08. The fourth-order valence-corrected chi connectivity index (χ4v) is 8.40. The maximum absolute atomic E-state index is 11.7. The third-order valence-corrected chi connectivity index (χ3v) is 14.1. The zero-order valence-electron chi connectivity index (χ0n) is 66.1. The predicted octanol–water partition coefficient (Wildman–Crippen LogP) is -0.521. The summed E-state index contributed by atoms with van der Waals surface area (Å²) >= 11 is 0. The van der Waals surface area contributed by atoms with E-state index < -0.39 is 35.6 Å². The van der Waals surface area contributed by atoms with Gasteiger partial charge in [-0.2, -0.15) is 0 Å². The van der Waals surface area contributed by atoms with Crippen molar-refractivity contribution in [3.63, 3.8) is 0 Å². The minimum Gasteiger partial charge on any atom is -0.378 e. The van der Waals surface area contributed by atoms with E-state index in [0.29, 0.717) is 380 Å². The first-order valence-corrected chi connectivity index (χ1v) is 38.8. The quantitative estimate of drug-likeness (QED) is 0.0546. The lowest BCUT2D eigenvalue weighted by Crippen LogP contribution is -2.32. The average Bonchev–Trinajstić information content (AvgIpc) is 1.74. The van der Waals surface area contributed by atoms with Gasteiger partial charge in [0, 0.05) is 25.7 Å². The molecule has 0 spiro atoms. The Kier molecular flexibility index (Phi) is 80.3. The van der Waals surface area contributed by atoms with E-state index >= 15 is 0 Å². The molecule has 0 atom stereocenters. The van der Waals surface area contributed by atoms with Gasteiger partial charge < -0.3 is 152 Å². The Hall–Kier alpha value is -3.98. The molecular formula is C72H132N2O38. The number of carbonyl (C=O) groups excluding carboxylic acids is 6. The number of hydroxylamine groups is 4. The molecule has 658 valence electrons. The van der Waals surface area contributed by atoms with E-state index in [2.05, 4.69) is 0 Å². The van der Waals surface area contributed by atoms with Crippen molar-refractivity contribution in [2.24, 2.45) is 0 Å². The van der Waals surface area contributed by atoms with Gasteiger partial charge in [0.2, 0.25) is 0 Å². The number of carbonyl (C=O) groups is 6. The summed E-state index contributed by atoms with van der Waals surface area (Å²) in [5.74, 6) is -3.49. The van der Waals surface area contributed by atoms with Gasteiger partial charge in [-0.3, -0.25) is 19.2 Å². The summed E-state index contributed by atoms with van der Waals surface area (Å²) in [6.45, 7) is 25.9. The number of rotatable bonds is 95. The molecule has 2 rings (SSSR count). The van der Waals surface area contributed by atoms with E-state index in [1.807, 2.05) is 0 Å². The molecule has 112 heavy (non-hydrogen) atoms. The standard InChI is InChI=1S/C72H132N2O38/c75-67-1-2-68(76)73(67)111-71(79)5-7-81-9-11-83-13-15-85-17-19-87-21-23-89-25-27-91-29-31-93-33-35-95-37-39-97-41-43-99-45-47-101-49-51-103-53-55-105-57-59-107-61-63-109-65-66-110-64-62-108-60-58-106-56-54-104-52-50-102-48-46-100-44-42-98-40-38-96-36-34-94-32-30-92-28-26-90-24-22-88-20-18-86-16-14-84-12-10-82-8-6-72(80)112-74-69(77)3-4-70(74)78/h1-66H2. The number of amides is 4. The minimum atomic E-state index is -0.708. The summed E-state index contributed by atoms with van der Waals surface area (Å²) in [6, 6.07) is 0. The van der Waals surface area contributed by atoms with E-state index in [-0.39, 0.29) is 65.0 Å². The summed E-state index contributed by atoms with van der Waals surface area (Å²) in [5, 5.41) is 1.03. The first kappa shape index (κ1) is 104. The van der Waals surface area contributed by atoms with Gasteiger partial charge in [-0.25, -0.2) is 9.59 Å². The average molecular weight is 1630 g/mol. The molecule has 0 bridgehead atoms. The highest BCUT2D eigenvalue weighted by atomic mass is 16.7. The number of hydrogen-bond donors (Lipinski definition) is 0. The molecule has 2 aliphatic heterocycles. The van der Waals surface area contributed by atoms with Crippen LogP contribution in [0.1, 0.15) is 38.5 Å². The molecular weight excluding hydrogens is 1500 g/mol. The van der Waals surface area contributed by atoms with Gasteiger partial charge in [-0.15, -0.1) is 10.1 Å². The topological polar surface area (TPSA) is 404 Å². The summed E-state index contributed by atoms with van der Waals surface area (Å²) in [7, 11) is 0. The van der Waals surface area contributed by atoms with Crippen molar-refractivity contribution in [1.29, 1.82) is 0 Å². The molecule has 2 aliphatic rings. The Morgan fingerprint density at radius 3 is 0.321 bits per heavy atom. The molecule has 0 aliphatic carbocycles. The lowest BCUT2D eigenvalue weighted by molar-refractivity contribution is -0.198. The Labute approximate surface area is 659 Å². The smallest absolute Gasteiger partial charge is 0.335 e. The van der Waals surface area contributed by atoms with Crippen molar-refractivity contribution in [3.8, 4) is 0 Å². The minimum absolute atomic E-state index is 0.0491. The normalized spacial score (nSPS) is 13.2. The van der Waals surface area contributed by atoms with Crippen LogP contribution in [0, 0.1) is 0 Å². The van der Waals surface area contributed by atoms with Crippen LogP contribution in [0.4, 0.5) is 0 Å². The van der Waals surface area contributed by atoms with E-state index in [4.69, 9.17) is 152 Å². The molecule has 4 amide bonds. The monoisotopic (exact) mass is 1630 g/mol. The van der Waals surface area contributed by atoms with Gasteiger partial charge in [0.1, 0.15) is 0 Å². The van der Waals surface area contributed by atoms with Crippen LogP contribution in [-0.2, 0) is 181 Å². The maximum atomic E-state index is 11.7. The second-order valence-corrected chi connectivity index (χ2v) is 23.0. The van der Waals surface area contributed by atoms with Crippen molar-refractivity contribution < 1.29 is 181 Å². The van der Waals surface area contributed by atoms with Gasteiger partial charge in [0.25, 0.3) is 23.6 Å². The second kappa shape index (κ2) is 86.4. The first-order chi connectivity index (χ1) is 55.4. The highest BCUT2D eigenvalue weighted by Gasteiger charge is 2.34. The number of ether oxygens (including phenoxy) is 30. The first-order valence-electron chi connectivity index (χ1n) is 38.8. The van der Waals surface area contributed by atoms with Crippen molar-refractivity contribution in [1.82, 2.24) is 10.1 Å². The van der Waals surface area contributed by atoms with E-state index in [1.54, 1.807) is 0 Å². The van der Waals surface area contributed by atoms with Crippen molar-refractivity contribution in [3.05, 3.63) is 0 Å². The number of hydrogen-bond acceptors (Lipinski definition) is 38. The molecule has 0 aromatic carbocycles. The van der Waals surface area contributed by atoms with E-state index in [0.717, 1.165) is 0 Å². The molecule has 40 nitrogen and oxygen atoms in total. The van der Waals surface area contributed by atoms with Crippen LogP contribution >= 0.6 is 0 Å². The summed E-state index contributed by atoms with van der Waals surface area (Å²) < 4.78 is 165. The molecule has 0 aromatic heterocycles. The largest absolute Gasteiger partial charge is 0.378 e. The summed E-state index contributed by atoms with van der Waals surface area (Å²) in [6.07, 6.45) is 0.0253. The van der Waals surface area contributed by atoms with Crippen LogP contribution in [0.2, 0.25) is 0 Å². The van der Waals surface area contributed by atoms with E-state index in [9.17, 15) is 28.8 Å². The molecule has 2 heterocycles. The zero-order chi connectivity index (χ0) is 79.9. The van der Waals surface area contributed by atoms with Gasteiger partial charge in [-0.05, 0) is 0 Å². The molecule has 40 heteroatoms. The van der Waals surface area contributed by atoms with Crippen molar-refractivity contribution >= 4 is 35.6 Å². The summed E-state index contributed by atoms with van der Waals surface area (Å²) in [5.41, 5.74) is 0. The Bertz CT molecular complexity index is 1920. The predicted molar refractivity (Wildman–Crippen MR) is 388 cm³/mol. The van der Waals surface area contributed by atoms with Gasteiger partial charge in [0.15, 0.2) is 0 Å². The van der Waals surface area contributed by atoms with Gasteiger partial charge in [-0.1, -0.05) is 0 Å². The Morgan fingerprint density at radius 1 is 0.152 bits per heavy atom. The lowest BCUT2D eigenvalue weighted by Gasteiger charge is -2.12. The molecule has 0 unspecified atom stereocenters. The number of imide groups is 2. The molecule has 2 fully saturated rings. The van der Waals surface area contributed by atoms with Crippen LogP contribution in [-0.4, -0.2) is 442 Å².